The van der Waals surface area contributed by atoms with Gasteiger partial charge in [0.25, 0.3) is 5.91 Å². The zero-order valence-electron chi connectivity index (χ0n) is 25.0. The number of aromatic amines is 1. The summed E-state index contributed by atoms with van der Waals surface area (Å²) < 4.78 is 5.50. The van der Waals surface area contributed by atoms with Crippen LogP contribution in [-0.2, 0) is 14.3 Å². The zero-order chi connectivity index (χ0) is 29.8. The first-order valence-electron chi connectivity index (χ1n) is 15.2. The second-order valence-corrected chi connectivity index (χ2v) is 11.8. The van der Waals surface area contributed by atoms with Crippen molar-refractivity contribution in [2.75, 3.05) is 83.3 Å². The van der Waals surface area contributed by atoms with E-state index < -0.39 is 0 Å². The summed E-state index contributed by atoms with van der Waals surface area (Å²) in [7, 11) is 3.43. The van der Waals surface area contributed by atoms with Gasteiger partial charge in [-0.1, -0.05) is 18.1 Å². The van der Waals surface area contributed by atoms with Gasteiger partial charge in [-0.2, -0.15) is 0 Å². The number of piperidine rings is 1. The lowest BCUT2D eigenvalue weighted by Crippen LogP contribution is -2.47. The number of rotatable bonds is 6. The van der Waals surface area contributed by atoms with Crippen LogP contribution in [0.3, 0.4) is 0 Å². The third kappa shape index (κ3) is 6.82. The van der Waals surface area contributed by atoms with E-state index in [9.17, 15) is 9.59 Å². The molecule has 3 aliphatic heterocycles. The van der Waals surface area contributed by atoms with Crippen molar-refractivity contribution in [3.63, 3.8) is 0 Å². The number of ether oxygens (including phenoxy) is 1. The molecule has 11 nitrogen and oxygen atoms in total. The summed E-state index contributed by atoms with van der Waals surface area (Å²) in [5.41, 5.74) is 3.59. The van der Waals surface area contributed by atoms with Crippen LogP contribution in [0.4, 0.5) is 11.5 Å². The van der Waals surface area contributed by atoms with Crippen molar-refractivity contribution in [1.29, 1.82) is 0 Å². The molecule has 2 amide bonds. The van der Waals surface area contributed by atoms with Gasteiger partial charge < -0.3 is 24.8 Å². The van der Waals surface area contributed by atoms with Crippen molar-refractivity contribution in [3.8, 4) is 23.1 Å². The third-order valence-electron chi connectivity index (χ3n) is 8.67. The SMILES string of the molecule is CN(C)C(=O)C#CCN1CCCC(N2CC[C@@H](C(=O)Nc3ccc(-c4cc5c(N6CCOCC6)ncnc5[nH]4)cc3)C2)C1. The fourth-order valence-corrected chi connectivity index (χ4v) is 6.23. The van der Waals surface area contributed by atoms with Crippen molar-refractivity contribution in [2.45, 2.75) is 25.3 Å². The molecule has 0 radical (unpaired) electrons. The number of morpholine rings is 1. The van der Waals surface area contributed by atoms with Crippen LogP contribution in [0.25, 0.3) is 22.3 Å². The highest BCUT2D eigenvalue weighted by atomic mass is 16.5. The Bertz CT molecular complexity index is 1500. The van der Waals surface area contributed by atoms with E-state index in [0.717, 1.165) is 92.3 Å². The van der Waals surface area contributed by atoms with Crippen molar-refractivity contribution < 1.29 is 14.3 Å². The Morgan fingerprint density at radius 2 is 1.88 bits per heavy atom. The van der Waals surface area contributed by atoms with E-state index in [1.165, 1.54) is 4.90 Å². The Labute approximate surface area is 252 Å². The van der Waals surface area contributed by atoms with Gasteiger partial charge >= 0.3 is 0 Å². The summed E-state index contributed by atoms with van der Waals surface area (Å²) in [6.45, 7) is 7.25. The molecule has 0 aliphatic carbocycles. The number of carbonyl (C=O) groups is 2. The van der Waals surface area contributed by atoms with Crippen LogP contribution in [0.5, 0.6) is 0 Å². The van der Waals surface area contributed by atoms with Crippen LogP contribution >= 0.6 is 0 Å². The van der Waals surface area contributed by atoms with Crippen LogP contribution < -0.4 is 10.2 Å². The summed E-state index contributed by atoms with van der Waals surface area (Å²) in [6, 6.07) is 10.5. The Morgan fingerprint density at radius 3 is 2.67 bits per heavy atom. The van der Waals surface area contributed by atoms with E-state index in [2.05, 4.69) is 52.9 Å². The van der Waals surface area contributed by atoms with E-state index in [0.29, 0.717) is 25.8 Å². The number of amides is 2. The molecule has 5 heterocycles. The molecule has 1 aromatic carbocycles. The minimum atomic E-state index is -0.164. The fraction of sp³-hybridized carbons (Fsp3) is 0.500. The Balaban J connectivity index is 1.03. The van der Waals surface area contributed by atoms with Crippen molar-refractivity contribution in [1.82, 2.24) is 29.7 Å². The number of aromatic nitrogens is 3. The standard InChI is InChI=1S/C32H40N8O3/c1-37(2)29(41)6-4-13-38-12-3-5-26(21-38)40-14-11-24(20-40)32(42)35-25-9-7-23(8-10-25)28-19-27-30(36-28)33-22-34-31(27)39-15-17-43-18-16-39/h7-10,19,22,24,26H,3,5,11-18,20-21H2,1-2H3,(H,35,42)(H,33,34,36)/t24-,26?/m1/s1. The van der Waals surface area contributed by atoms with Crippen LogP contribution in [0.2, 0.25) is 0 Å². The summed E-state index contributed by atoms with van der Waals surface area (Å²) >= 11 is 0. The second kappa shape index (κ2) is 13.1. The number of nitrogens with zero attached hydrogens (tertiary/aromatic N) is 6. The lowest BCUT2D eigenvalue weighted by Gasteiger charge is -2.36. The lowest BCUT2D eigenvalue weighted by molar-refractivity contribution is -0.122. The maximum atomic E-state index is 13.2. The summed E-state index contributed by atoms with van der Waals surface area (Å²) in [6.07, 6.45) is 4.69. The van der Waals surface area contributed by atoms with Crippen molar-refractivity contribution >= 4 is 34.4 Å². The molecule has 2 atom stereocenters. The van der Waals surface area contributed by atoms with Crippen LogP contribution in [0, 0.1) is 17.8 Å². The molecule has 226 valence electrons. The summed E-state index contributed by atoms with van der Waals surface area (Å²) in [5.74, 6) is 6.54. The Morgan fingerprint density at radius 1 is 1.07 bits per heavy atom. The number of H-pyrrole nitrogens is 1. The monoisotopic (exact) mass is 584 g/mol. The van der Waals surface area contributed by atoms with E-state index in [1.54, 1.807) is 20.4 Å². The number of hydrogen-bond donors (Lipinski definition) is 2. The summed E-state index contributed by atoms with van der Waals surface area (Å²) in [4.78, 5) is 45.9. The highest BCUT2D eigenvalue weighted by Gasteiger charge is 2.34. The molecule has 3 aliphatic rings. The number of benzene rings is 1. The van der Waals surface area contributed by atoms with E-state index in [4.69, 9.17) is 4.74 Å². The molecule has 1 unspecified atom stereocenters. The van der Waals surface area contributed by atoms with Gasteiger partial charge in [0.05, 0.1) is 31.1 Å². The Hall–Kier alpha value is -3.98. The molecular formula is C32H40N8O3. The molecule has 3 fully saturated rings. The summed E-state index contributed by atoms with van der Waals surface area (Å²) in [5, 5.41) is 4.14. The third-order valence-corrected chi connectivity index (χ3v) is 8.67. The predicted molar refractivity (Wildman–Crippen MR) is 167 cm³/mol. The van der Waals surface area contributed by atoms with Gasteiger partial charge in [-0.05, 0) is 62.0 Å². The van der Waals surface area contributed by atoms with Gasteiger partial charge in [0, 0.05) is 57.7 Å². The number of hydrogen-bond acceptors (Lipinski definition) is 8. The normalized spacial score (nSPS) is 21.4. The van der Waals surface area contributed by atoms with E-state index in [-0.39, 0.29) is 17.7 Å². The molecule has 3 saturated heterocycles. The van der Waals surface area contributed by atoms with Crippen LogP contribution in [-0.4, -0.2) is 121 Å². The second-order valence-electron chi connectivity index (χ2n) is 11.8. The maximum Gasteiger partial charge on any atom is 0.297 e. The van der Waals surface area contributed by atoms with Gasteiger partial charge in [-0.15, -0.1) is 0 Å². The first kappa shape index (κ1) is 29.1. The molecule has 2 aromatic heterocycles. The van der Waals surface area contributed by atoms with Crippen LogP contribution in [0.15, 0.2) is 36.7 Å². The number of nitrogens with one attached hydrogen (secondary N) is 2. The molecule has 6 rings (SSSR count). The van der Waals surface area contributed by atoms with Crippen molar-refractivity contribution in [3.05, 3.63) is 36.7 Å². The van der Waals surface area contributed by atoms with E-state index in [1.807, 2.05) is 24.3 Å². The smallest absolute Gasteiger partial charge is 0.297 e. The molecule has 0 spiro atoms. The highest BCUT2D eigenvalue weighted by Crippen LogP contribution is 2.30. The quantitative estimate of drug-likeness (QED) is 0.425. The highest BCUT2D eigenvalue weighted by molar-refractivity contribution is 5.94. The zero-order valence-corrected chi connectivity index (χ0v) is 25.0. The topological polar surface area (TPSA) is 110 Å². The van der Waals surface area contributed by atoms with Gasteiger partial charge in [-0.25, -0.2) is 9.97 Å². The lowest BCUT2D eigenvalue weighted by atomic mass is 10.0. The maximum absolute atomic E-state index is 13.2. The average Bonchev–Trinajstić information content (AvgIpc) is 3.70. The minimum absolute atomic E-state index is 0.0292. The van der Waals surface area contributed by atoms with Gasteiger partial charge in [0.2, 0.25) is 5.91 Å². The molecule has 0 saturated carbocycles. The Kier molecular flexibility index (Phi) is 8.88. The van der Waals surface area contributed by atoms with Crippen molar-refractivity contribution in [2.24, 2.45) is 5.92 Å². The molecule has 3 aromatic rings. The largest absolute Gasteiger partial charge is 0.378 e. The average molecular weight is 585 g/mol. The van der Waals surface area contributed by atoms with E-state index >= 15 is 0 Å². The first-order chi connectivity index (χ1) is 20.9. The number of carbonyl (C=O) groups excluding carboxylic acids is 2. The molecule has 0 bridgehead atoms. The number of anilines is 2. The molecular weight excluding hydrogens is 544 g/mol. The number of fused-ring (bicyclic) bond motifs is 1. The van der Waals surface area contributed by atoms with Crippen LogP contribution in [0.1, 0.15) is 19.3 Å². The molecule has 2 N–H and O–H groups in total. The van der Waals surface area contributed by atoms with Gasteiger partial charge in [0.1, 0.15) is 17.8 Å². The first-order valence-corrected chi connectivity index (χ1v) is 15.2. The van der Waals surface area contributed by atoms with Gasteiger partial charge in [0.15, 0.2) is 0 Å². The molecule has 43 heavy (non-hydrogen) atoms. The number of likely N-dealkylation sites (tertiary alicyclic amines) is 2. The minimum Gasteiger partial charge on any atom is -0.378 e. The van der Waals surface area contributed by atoms with Gasteiger partial charge in [-0.3, -0.25) is 19.4 Å². The molecule has 11 heteroatoms. The fourth-order valence-electron chi connectivity index (χ4n) is 6.23. The predicted octanol–water partition coefficient (Wildman–Crippen LogP) is 2.28.